The van der Waals surface area contributed by atoms with Crippen LogP contribution in [0.4, 0.5) is 0 Å². The summed E-state index contributed by atoms with van der Waals surface area (Å²) in [5, 5.41) is 0. The molecule has 12 heavy (non-hydrogen) atoms. The van der Waals surface area contributed by atoms with Gasteiger partial charge in [0.25, 0.3) is 0 Å². The first-order chi connectivity index (χ1) is 5.72. The van der Waals surface area contributed by atoms with Crippen molar-refractivity contribution in [1.82, 2.24) is 0 Å². The van der Waals surface area contributed by atoms with Crippen LogP contribution in [0.2, 0.25) is 0 Å². The Bertz CT molecular complexity index is 213. The van der Waals surface area contributed by atoms with Crippen molar-refractivity contribution in [2.75, 3.05) is 0 Å². The Hall–Kier alpha value is -0.700. The largest absolute Gasteiger partial charge is 0.315 e. The third kappa shape index (κ3) is 0.926. The number of fused-ring (bicyclic) bond motifs is 1. The summed E-state index contributed by atoms with van der Waals surface area (Å²) in [6.07, 6.45) is 3.91. The highest BCUT2D eigenvalue weighted by molar-refractivity contribution is 6.14. The van der Waals surface area contributed by atoms with E-state index < -0.39 is 6.04 Å². The first-order valence-corrected chi connectivity index (χ1v) is 4.55. The lowest BCUT2D eigenvalue weighted by molar-refractivity contribution is -0.124. The van der Waals surface area contributed by atoms with E-state index in [0.717, 1.165) is 25.7 Å². The van der Waals surface area contributed by atoms with E-state index in [1.54, 1.807) is 0 Å². The van der Waals surface area contributed by atoms with E-state index in [1.807, 2.05) is 0 Å². The summed E-state index contributed by atoms with van der Waals surface area (Å²) < 4.78 is 0. The maximum Gasteiger partial charge on any atom is 0.160 e. The molecule has 3 nitrogen and oxygen atoms in total. The molecule has 0 aromatic rings. The van der Waals surface area contributed by atoms with E-state index in [0.29, 0.717) is 0 Å². The van der Waals surface area contributed by atoms with E-state index in [4.69, 9.17) is 5.73 Å². The fourth-order valence-electron chi connectivity index (χ4n) is 2.41. The number of hydrogen-bond donors (Lipinski definition) is 1. The SMILES string of the molecule is NC1C(=O)C2CCCCC2C1=O. The smallest absolute Gasteiger partial charge is 0.160 e. The van der Waals surface area contributed by atoms with E-state index in [2.05, 4.69) is 0 Å². The van der Waals surface area contributed by atoms with Gasteiger partial charge in [0.2, 0.25) is 0 Å². The summed E-state index contributed by atoms with van der Waals surface area (Å²) >= 11 is 0. The Morgan fingerprint density at radius 3 is 1.83 bits per heavy atom. The van der Waals surface area contributed by atoms with Crippen LogP contribution in [0.3, 0.4) is 0 Å². The highest BCUT2D eigenvalue weighted by atomic mass is 16.2. The molecule has 2 fully saturated rings. The molecule has 0 bridgehead atoms. The average Bonchev–Trinajstić information content (AvgIpc) is 2.33. The van der Waals surface area contributed by atoms with Gasteiger partial charge in [-0.05, 0) is 12.8 Å². The number of carbonyl (C=O) groups is 2. The monoisotopic (exact) mass is 167 g/mol. The molecule has 2 aliphatic rings. The van der Waals surface area contributed by atoms with Gasteiger partial charge >= 0.3 is 0 Å². The quantitative estimate of drug-likeness (QED) is 0.527. The minimum atomic E-state index is -0.793. The van der Waals surface area contributed by atoms with Crippen molar-refractivity contribution in [2.24, 2.45) is 17.6 Å². The van der Waals surface area contributed by atoms with Crippen molar-refractivity contribution >= 4 is 11.6 Å². The molecule has 2 saturated carbocycles. The Morgan fingerprint density at radius 2 is 1.42 bits per heavy atom. The van der Waals surface area contributed by atoms with Crippen molar-refractivity contribution in [3.8, 4) is 0 Å². The number of Topliss-reactive ketones (excluding diaryl/α,β-unsaturated/α-hetero) is 2. The Labute approximate surface area is 71.3 Å². The van der Waals surface area contributed by atoms with Crippen LogP contribution in [-0.4, -0.2) is 17.6 Å². The van der Waals surface area contributed by atoms with Crippen LogP contribution in [0, 0.1) is 11.8 Å². The van der Waals surface area contributed by atoms with Crippen LogP contribution in [-0.2, 0) is 9.59 Å². The van der Waals surface area contributed by atoms with E-state index >= 15 is 0 Å². The summed E-state index contributed by atoms with van der Waals surface area (Å²) in [4.78, 5) is 22.8. The number of ketones is 2. The van der Waals surface area contributed by atoms with Crippen molar-refractivity contribution in [1.29, 1.82) is 0 Å². The maximum atomic E-state index is 11.4. The number of nitrogens with two attached hydrogens (primary N) is 1. The molecule has 2 rings (SSSR count). The zero-order valence-electron chi connectivity index (χ0n) is 6.95. The lowest BCUT2D eigenvalue weighted by atomic mass is 9.81. The molecule has 2 N–H and O–H groups in total. The Kier molecular flexibility index (Phi) is 1.76. The van der Waals surface area contributed by atoms with Crippen LogP contribution >= 0.6 is 0 Å². The molecule has 0 radical (unpaired) electrons. The predicted octanol–water partition coefficient (Wildman–Crippen LogP) is 0.272. The number of hydrogen-bond acceptors (Lipinski definition) is 3. The molecule has 0 saturated heterocycles. The molecule has 0 spiro atoms. The molecule has 0 amide bonds. The van der Waals surface area contributed by atoms with Gasteiger partial charge in [-0.25, -0.2) is 0 Å². The van der Waals surface area contributed by atoms with Gasteiger partial charge in [-0.3, -0.25) is 9.59 Å². The lowest BCUT2D eigenvalue weighted by Crippen LogP contribution is -2.33. The Morgan fingerprint density at radius 1 is 1.00 bits per heavy atom. The van der Waals surface area contributed by atoms with Crippen LogP contribution in [0.1, 0.15) is 25.7 Å². The molecule has 0 aromatic heterocycles. The highest BCUT2D eigenvalue weighted by Gasteiger charge is 2.47. The maximum absolute atomic E-state index is 11.4. The minimum absolute atomic E-state index is 0.00954. The summed E-state index contributed by atoms with van der Waals surface area (Å²) in [5.41, 5.74) is 5.48. The zero-order chi connectivity index (χ0) is 8.72. The standard InChI is InChI=1S/C9H13NO2/c10-7-8(11)5-3-1-2-4-6(5)9(7)12/h5-7H,1-4,10H2. The normalized spacial score (nSPS) is 41.6. The highest BCUT2D eigenvalue weighted by Crippen LogP contribution is 2.37. The molecular weight excluding hydrogens is 154 g/mol. The summed E-state index contributed by atoms with van der Waals surface area (Å²) in [6, 6.07) is -0.793. The molecule has 2 unspecified atom stereocenters. The second-order valence-corrected chi connectivity index (χ2v) is 3.78. The zero-order valence-corrected chi connectivity index (χ0v) is 6.95. The van der Waals surface area contributed by atoms with Gasteiger partial charge in [0, 0.05) is 11.8 Å². The average molecular weight is 167 g/mol. The second-order valence-electron chi connectivity index (χ2n) is 3.78. The predicted molar refractivity (Wildman–Crippen MR) is 43.4 cm³/mol. The first kappa shape index (κ1) is 7.92. The fourth-order valence-corrected chi connectivity index (χ4v) is 2.41. The van der Waals surface area contributed by atoms with Crippen molar-refractivity contribution < 1.29 is 9.59 Å². The van der Waals surface area contributed by atoms with Gasteiger partial charge in [0.05, 0.1) is 0 Å². The first-order valence-electron chi connectivity index (χ1n) is 4.55. The topological polar surface area (TPSA) is 60.2 Å². The van der Waals surface area contributed by atoms with Crippen LogP contribution in [0.25, 0.3) is 0 Å². The van der Waals surface area contributed by atoms with Crippen LogP contribution < -0.4 is 5.73 Å². The van der Waals surface area contributed by atoms with Gasteiger partial charge in [-0.15, -0.1) is 0 Å². The minimum Gasteiger partial charge on any atom is -0.315 e. The molecule has 2 aliphatic carbocycles. The summed E-state index contributed by atoms with van der Waals surface area (Å²) in [5.74, 6) is -0.0723. The van der Waals surface area contributed by atoms with Gasteiger partial charge < -0.3 is 5.73 Å². The fraction of sp³-hybridized carbons (Fsp3) is 0.778. The molecule has 3 heteroatoms. The van der Waals surface area contributed by atoms with Crippen molar-refractivity contribution in [2.45, 2.75) is 31.7 Å². The van der Waals surface area contributed by atoms with Gasteiger partial charge in [-0.2, -0.15) is 0 Å². The van der Waals surface area contributed by atoms with Crippen LogP contribution in [0.5, 0.6) is 0 Å². The lowest BCUT2D eigenvalue weighted by Gasteiger charge is -2.21. The van der Waals surface area contributed by atoms with Crippen molar-refractivity contribution in [3.63, 3.8) is 0 Å². The Balaban J connectivity index is 2.25. The molecular formula is C9H13NO2. The molecule has 0 aromatic carbocycles. The third-order valence-corrected chi connectivity index (χ3v) is 3.11. The molecule has 2 atom stereocenters. The summed E-state index contributed by atoms with van der Waals surface area (Å²) in [6.45, 7) is 0. The second kappa shape index (κ2) is 2.66. The van der Waals surface area contributed by atoms with Gasteiger partial charge in [-0.1, -0.05) is 12.8 Å². The van der Waals surface area contributed by atoms with E-state index in [9.17, 15) is 9.59 Å². The van der Waals surface area contributed by atoms with Gasteiger partial charge in [0.15, 0.2) is 11.6 Å². The van der Waals surface area contributed by atoms with E-state index in [-0.39, 0.29) is 23.4 Å². The summed E-state index contributed by atoms with van der Waals surface area (Å²) in [7, 11) is 0. The number of carbonyl (C=O) groups excluding carboxylic acids is 2. The number of rotatable bonds is 0. The third-order valence-electron chi connectivity index (χ3n) is 3.11. The van der Waals surface area contributed by atoms with Gasteiger partial charge in [0.1, 0.15) is 6.04 Å². The van der Waals surface area contributed by atoms with Crippen LogP contribution in [0.15, 0.2) is 0 Å². The molecule has 0 heterocycles. The molecule has 0 aliphatic heterocycles. The van der Waals surface area contributed by atoms with E-state index in [1.165, 1.54) is 0 Å². The van der Waals surface area contributed by atoms with Crippen molar-refractivity contribution in [3.05, 3.63) is 0 Å². The molecule has 66 valence electrons.